The molecule has 29 heavy (non-hydrogen) atoms. The van der Waals surface area contributed by atoms with Gasteiger partial charge in [0.2, 0.25) is 5.91 Å². The minimum absolute atomic E-state index is 0.0436. The van der Waals surface area contributed by atoms with E-state index in [4.69, 9.17) is 0 Å². The minimum Gasteiger partial charge on any atom is -0.367 e. The van der Waals surface area contributed by atoms with Gasteiger partial charge >= 0.3 is 0 Å². The molecule has 1 aromatic heterocycles. The number of halogens is 2. The number of nitrogens with zero attached hydrogens (tertiary/aromatic N) is 3. The smallest absolute Gasteiger partial charge is 0.274 e. The standard InChI is InChI=1S/C21H20F2N4O2/c1-26-21(29)15-7-3-2-6-14(15)18(25-26)12-19(28)24-13-10-16(22)20(17(23)11-13)27-8-4-5-9-27/h2-3,6-7,10-11H,4-5,8-9,12H2,1H3,(H,24,28). The van der Waals surface area contributed by atoms with E-state index in [1.807, 2.05) is 0 Å². The molecule has 1 aliphatic heterocycles. The zero-order valence-electron chi connectivity index (χ0n) is 15.9. The fourth-order valence-electron chi connectivity index (χ4n) is 3.74. The van der Waals surface area contributed by atoms with Gasteiger partial charge in [0.25, 0.3) is 5.56 Å². The zero-order chi connectivity index (χ0) is 20.5. The first-order chi connectivity index (χ1) is 13.9. The van der Waals surface area contributed by atoms with Gasteiger partial charge in [0.15, 0.2) is 11.6 Å². The van der Waals surface area contributed by atoms with E-state index in [2.05, 4.69) is 10.4 Å². The van der Waals surface area contributed by atoms with Gasteiger partial charge in [0, 0.05) is 31.2 Å². The molecule has 0 bridgehead atoms. The number of carbonyl (C=O) groups excluding carboxylic acids is 1. The number of benzene rings is 2. The first kappa shape index (κ1) is 19.0. The number of amides is 1. The zero-order valence-corrected chi connectivity index (χ0v) is 15.9. The number of rotatable bonds is 4. The molecular formula is C21H20F2N4O2. The number of anilines is 2. The number of aryl methyl sites for hydroxylation is 1. The van der Waals surface area contributed by atoms with Gasteiger partial charge in [-0.1, -0.05) is 18.2 Å². The van der Waals surface area contributed by atoms with Crippen LogP contribution < -0.4 is 15.8 Å². The van der Waals surface area contributed by atoms with E-state index in [0.29, 0.717) is 29.6 Å². The van der Waals surface area contributed by atoms with Gasteiger partial charge in [-0.25, -0.2) is 13.5 Å². The summed E-state index contributed by atoms with van der Waals surface area (Å²) in [5.74, 6) is -1.88. The van der Waals surface area contributed by atoms with Crippen LogP contribution in [0.4, 0.5) is 20.2 Å². The molecule has 6 nitrogen and oxygen atoms in total. The molecule has 0 unspecified atom stereocenters. The number of hydrogen-bond acceptors (Lipinski definition) is 4. The Hall–Kier alpha value is -3.29. The van der Waals surface area contributed by atoms with Crippen LogP contribution in [0, 0.1) is 11.6 Å². The molecule has 0 spiro atoms. The molecule has 2 heterocycles. The van der Waals surface area contributed by atoms with Gasteiger partial charge in [0.05, 0.1) is 17.5 Å². The molecule has 0 aliphatic carbocycles. The SMILES string of the molecule is Cn1nc(CC(=O)Nc2cc(F)c(N3CCCC3)c(F)c2)c2ccccc2c1=O. The van der Waals surface area contributed by atoms with Crippen molar-refractivity contribution < 1.29 is 13.6 Å². The lowest BCUT2D eigenvalue weighted by Crippen LogP contribution is -2.24. The Morgan fingerprint density at radius 1 is 1.10 bits per heavy atom. The van der Waals surface area contributed by atoms with Crippen LogP contribution in [0.5, 0.6) is 0 Å². The third kappa shape index (κ3) is 3.70. The molecule has 1 fully saturated rings. The third-order valence-electron chi connectivity index (χ3n) is 5.08. The van der Waals surface area contributed by atoms with Crippen molar-refractivity contribution in [2.45, 2.75) is 19.3 Å². The normalized spacial score (nSPS) is 13.8. The summed E-state index contributed by atoms with van der Waals surface area (Å²) in [7, 11) is 1.51. The molecule has 2 aromatic carbocycles. The topological polar surface area (TPSA) is 67.2 Å². The Bertz CT molecular complexity index is 1130. The molecule has 0 saturated carbocycles. The first-order valence-corrected chi connectivity index (χ1v) is 9.43. The van der Waals surface area contributed by atoms with Gasteiger partial charge in [-0.3, -0.25) is 9.59 Å². The number of fused-ring (bicyclic) bond motifs is 1. The molecule has 1 aliphatic rings. The van der Waals surface area contributed by atoms with Gasteiger partial charge < -0.3 is 10.2 Å². The predicted octanol–water partition coefficient (Wildman–Crippen LogP) is 2.99. The highest BCUT2D eigenvalue weighted by molar-refractivity contribution is 5.95. The monoisotopic (exact) mass is 398 g/mol. The summed E-state index contributed by atoms with van der Waals surface area (Å²) in [6, 6.07) is 9.13. The number of hydrogen-bond donors (Lipinski definition) is 1. The highest BCUT2D eigenvalue weighted by atomic mass is 19.1. The third-order valence-corrected chi connectivity index (χ3v) is 5.08. The summed E-state index contributed by atoms with van der Waals surface area (Å²) < 4.78 is 30.1. The first-order valence-electron chi connectivity index (χ1n) is 9.43. The average molecular weight is 398 g/mol. The molecule has 8 heteroatoms. The summed E-state index contributed by atoms with van der Waals surface area (Å²) in [5, 5.41) is 7.73. The molecular weight excluding hydrogens is 378 g/mol. The van der Waals surface area contributed by atoms with Crippen LogP contribution in [-0.4, -0.2) is 28.8 Å². The van der Waals surface area contributed by atoms with Crippen molar-refractivity contribution in [1.29, 1.82) is 0 Å². The van der Waals surface area contributed by atoms with Gasteiger partial charge in [0.1, 0.15) is 5.69 Å². The molecule has 3 aromatic rings. The van der Waals surface area contributed by atoms with Crippen molar-refractivity contribution in [3.63, 3.8) is 0 Å². The maximum absolute atomic E-state index is 14.5. The average Bonchev–Trinajstić information content (AvgIpc) is 3.19. The largest absolute Gasteiger partial charge is 0.367 e. The van der Waals surface area contributed by atoms with Crippen molar-refractivity contribution in [1.82, 2.24) is 9.78 Å². The van der Waals surface area contributed by atoms with E-state index >= 15 is 0 Å². The second kappa shape index (κ2) is 7.62. The lowest BCUT2D eigenvalue weighted by Gasteiger charge is -2.19. The maximum Gasteiger partial charge on any atom is 0.274 e. The van der Waals surface area contributed by atoms with Gasteiger partial charge in [-0.15, -0.1) is 0 Å². The van der Waals surface area contributed by atoms with Crippen molar-refractivity contribution in [2.24, 2.45) is 7.05 Å². The molecule has 1 N–H and O–H groups in total. The van der Waals surface area contributed by atoms with Crippen molar-refractivity contribution in [3.05, 3.63) is 64.1 Å². The van der Waals surface area contributed by atoms with Crippen LogP contribution in [0.3, 0.4) is 0 Å². The lowest BCUT2D eigenvalue weighted by molar-refractivity contribution is -0.115. The molecule has 1 saturated heterocycles. The highest BCUT2D eigenvalue weighted by Gasteiger charge is 2.21. The summed E-state index contributed by atoms with van der Waals surface area (Å²) in [5.41, 5.74) is 0.148. The Labute approximate surface area is 165 Å². The quantitative estimate of drug-likeness (QED) is 0.734. The maximum atomic E-state index is 14.5. The second-order valence-corrected chi connectivity index (χ2v) is 7.13. The summed E-state index contributed by atoms with van der Waals surface area (Å²) in [6.07, 6.45) is 1.67. The van der Waals surface area contributed by atoms with Crippen molar-refractivity contribution >= 4 is 28.1 Å². The Kier molecular flexibility index (Phi) is 5.00. The van der Waals surface area contributed by atoms with Gasteiger partial charge in [-0.05, 0) is 31.0 Å². The van der Waals surface area contributed by atoms with Crippen molar-refractivity contribution in [3.8, 4) is 0 Å². The fourth-order valence-corrected chi connectivity index (χ4v) is 3.74. The van der Waals surface area contributed by atoms with E-state index in [0.717, 1.165) is 25.0 Å². The van der Waals surface area contributed by atoms with Crippen LogP contribution in [-0.2, 0) is 18.3 Å². The van der Waals surface area contributed by atoms with Crippen LogP contribution in [0.15, 0.2) is 41.2 Å². The predicted molar refractivity (Wildman–Crippen MR) is 107 cm³/mol. The van der Waals surface area contributed by atoms with E-state index in [9.17, 15) is 18.4 Å². The van der Waals surface area contributed by atoms with Gasteiger partial charge in [-0.2, -0.15) is 5.10 Å². The van der Waals surface area contributed by atoms with E-state index in [-0.39, 0.29) is 23.4 Å². The van der Waals surface area contributed by atoms with Crippen LogP contribution >= 0.6 is 0 Å². The highest BCUT2D eigenvalue weighted by Crippen LogP contribution is 2.29. The van der Waals surface area contributed by atoms with E-state index in [1.165, 1.54) is 11.7 Å². The molecule has 0 radical (unpaired) electrons. The number of nitrogens with one attached hydrogen (secondary N) is 1. The Morgan fingerprint density at radius 2 is 1.72 bits per heavy atom. The minimum atomic E-state index is -0.701. The number of aromatic nitrogens is 2. The van der Waals surface area contributed by atoms with Crippen LogP contribution in [0.25, 0.3) is 10.8 Å². The van der Waals surface area contributed by atoms with E-state index < -0.39 is 17.5 Å². The van der Waals surface area contributed by atoms with Crippen molar-refractivity contribution in [2.75, 3.05) is 23.3 Å². The molecule has 1 amide bonds. The molecule has 0 atom stereocenters. The molecule has 150 valence electrons. The lowest BCUT2D eigenvalue weighted by atomic mass is 10.1. The van der Waals surface area contributed by atoms with Crippen LogP contribution in [0.1, 0.15) is 18.5 Å². The summed E-state index contributed by atoms with van der Waals surface area (Å²) in [6.45, 7) is 1.23. The summed E-state index contributed by atoms with van der Waals surface area (Å²) in [4.78, 5) is 26.4. The number of carbonyl (C=O) groups is 1. The molecule has 4 rings (SSSR count). The van der Waals surface area contributed by atoms with Crippen LogP contribution in [0.2, 0.25) is 0 Å². The Morgan fingerprint density at radius 3 is 2.38 bits per heavy atom. The van der Waals surface area contributed by atoms with E-state index in [1.54, 1.807) is 29.2 Å². The fraction of sp³-hybridized carbons (Fsp3) is 0.286. The Balaban J connectivity index is 1.57. The second-order valence-electron chi connectivity index (χ2n) is 7.13. The summed E-state index contributed by atoms with van der Waals surface area (Å²) >= 11 is 0.